The molecule has 0 unspecified atom stereocenters. The Labute approximate surface area is 118 Å². The van der Waals surface area contributed by atoms with Crippen molar-refractivity contribution >= 4 is 5.82 Å². The first-order valence-electron chi connectivity index (χ1n) is 6.87. The summed E-state index contributed by atoms with van der Waals surface area (Å²) in [6.07, 6.45) is 3.38. The third-order valence-electron chi connectivity index (χ3n) is 3.69. The molecule has 3 rings (SSSR count). The fraction of sp³-hybridized carbons (Fsp3) is 0.400. The Bertz CT molecular complexity index is 607. The molecule has 2 aromatic rings. The van der Waals surface area contributed by atoms with E-state index < -0.39 is 0 Å². The highest BCUT2D eigenvalue weighted by Gasteiger charge is 2.19. The summed E-state index contributed by atoms with van der Waals surface area (Å²) in [5.41, 5.74) is 3.30. The van der Waals surface area contributed by atoms with Gasteiger partial charge in [0.1, 0.15) is 11.5 Å². The second-order valence-electron chi connectivity index (χ2n) is 4.88. The highest BCUT2D eigenvalue weighted by Crippen LogP contribution is 2.37. The summed E-state index contributed by atoms with van der Waals surface area (Å²) in [4.78, 5) is 0. The molecule has 106 valence electrons. The van der Waals surface area contributed by atoms with E-state index in [1.165, 1.54) is 18.4 Å². The number of aromatic nitrogens is 2. The van der Waals surface area contributed by atoms with E-state index in [9.17, 15) is 0 Å². The maximum absolute atomic E-state index is 5.49. The molecule has 0 saturated carbocycles. The van der Waals surface area contributed by atoms with Crippen LogP contribution in [0.1, 0.15) is 18.4 Å². The van der Waals surface area contributed by atoms with E-state index in [2.05, 4.69) is 15.5 Å². The van der Waals surface area contributed by atoms with Crippen LogP contribution >= 0.6 is 0 Å². The van der Waals surface area contributed by atoms with Crippen LogP contribution in [0.5, 0.6) is 11.5 Å². The minimum Gasteiger partial charge on any atom is -0.497 e. The van der Waals surface area contributed by atoms with Crippen molar-refractivity contribution in [2.45, 2.75) is 19.3 Å². The number of ether oxygens (including phenoxy) is 2. The van der Waals surface area contributed by atoms with Crippen molar-refractivity contribution in [3.8, 4) is 22.8 Å². The predicted molar refractivity (Wildman–Crippen MR) is 78.6 cm³/mol. The van der Waals surface area contributed by atoms with Gasteiger partial charge >= 0.3 is 0 Å². The zero-order chi connectivity index (χ0) is 13.9. The van der Waals surface area contributed by atoms with E-state index in [0.29, 0.717) is 0 Å². The zero-order valence-electron chi connectivity index (χ0n) is 11.8. The minimum absolute atomic E-state index is 0.786. The lowest BCUT2D eigenvalue weighted by atomic mass is 10.0. The van der Waals surface area contributed by atoms with Gasteiger partial charge in [-0.05, 0) is 31.4 Å². The first kappa shape index (κ1) is 12.8. The summed E-state index contributed by atoms with van der Waals surface area (Å²) in [7, 11) is 3.33. The van der Waals surface area contributed by atoms with Gasteiger partial charge in [-0.25, -0.2) is 0 Å². The zero-order valence-corrected chi connectivity index (χ0v) is 11.8. The molecule has 2 heterocycles. The molecule has 0 bridgehead atoms. The second kappa shape index (κ2) is 5.45. The van der Waals surface area contributed by atoms with Crippen LogP contribution in [0.3, 0.4) is 0 Å². The fourth-order valence-corrected chi connectivity index (χ4v) is 2.62. The lowest BCUT2D eigenvalue weighted by Crippen LogP contribution is -1.99. The molecule has 0 atom stereocenters. The van der Waals surface area contributed by atoms with Gasteiger partial charge in [-0.15, -0.1) is 0 Å². The van der Waals surface area contributed by atoms with Crippen LogP contribution in [0.4, 0.5) is 5.82 Å². The average Bonchev–Trinajstić information content (AvgIpc) is 2.74. The fourth-order valence-electron chi connectivity index (χ4n) is 2.62. The lowest BCUT2D eigenvalue weighted by Gasteiger charge is -2.10. The third kappa shape index (κ3) is 2.19. The van der Waals surface area contributed by atoms with Crippen LogP contribution in [-0.4, -0.2) is 31.0 Å². The van der Waals surface area contributed by atoms with Crippen LogP contribution in [0.2, 0.25) is 0 Å². The molecule has 0 fully saturated rings. The summed E-state index contributed by atoms with van der Waals surface area (Å²) < 4.78 is 10.7. The first-order valence-corrected chi connectivity index (χ1v) is 6.87. The van der Waals surface area contributed by atoms with Gasteiger partial charge in [-0.2, -0.15) is 5.10 Å². The van der Waals surface area contributed by atoms with Crippen molar-refractivity contribution in [1.82, 2.24) is 10.2 Å². The number of nitrogens with one attached hydrogen (secondary N) is 2. The highest BCUT2D eigenvalue weighted by molar-refractivity contribution is 5.75. The molecule has 20 heavy (non-hydrogen) atoms. The monoisotopic (exact) mass is 273 g/mol. The molecule has 1 aliphatic rings. The molecule has 2 N–H and O–H groups in total. The van der Waals surface area contributed by atoms with E-state index in [-0.39, 0.29) is 0 Å². The van der Waals surface area contributed by atoms with Gasteiger partial charge in [0, 0.05) is 23.7 Å². The molecule has 1 aromatic carbocycles. The van der Waals surface area contributed by atoms with Crippen molar-refractivity contribution in [2.24, 2.45) is 0 Å². The summed E-state index contributed by atoms with van der Waals surface area (Å²) in [6, 6.07) is 5.85. The summed E-state index contributed by atoms with van der Waals surface area (Å²) in [6.45, 7) is 0.983. The molecule has 5 heteroatoms. The van der Waals surface area contributed by atoms with Crippen molar-refractivity contribution < 1.29 is 9.47 Å². The van der Waals surface area contributed by atoms with Crippen LogP contribution in [0.15, 0.2) is 18.2 Å². The predicted octanol–water partition coefficient (Wildman–Crippen LogP) is 2.84. The molecule has 0 amide bonds. The summed E-state index contributed by atoms with van der Waals surface area (Å²) >= 11 is 0. The molecular weight excluding hydrogens is 254 g/mol. The van der Waals surface area contributed by atoms with Gasteiger partial charge in [0.15, 0.2) is 5.82 Å². The molecule has 0 radical (unpaired) electrons. The van der Waals surface area contributed by atoms with Gasteiger partial charge < -0.3 is 14.8 Å². The van der Waals surface area contributed by atoms with Gasteiger partial charge in [0.25, 0.3) is 0 Å². The number of fused-ring (bicyclic) bond motifs is 1. The molecule has 0 aliphatic carbocycles. The Morgan fingerprint density at radius 1 is 1.15 bits per heavy atom. The Morgan fingerprint density at radius 2 is 2.05 bits per heavy atom. The Morgan fingerprint density at radius 3 is 2.85 bits per heavy atom. The number of H-pyrrole nitrogens is 1. The largest absolute Gasteiger partial charge is 0.497 e. The van der Waals surface area contributed by atoms with E-state index in [1.54, 1.807) is 14.2 Å². The topological polar surface area (TPSA) is 59.2 Å². The van der Waals surface area contributed by atoms with E-state index in [1.807, 2.05) is 18.2 Å². The minimum atomic E-state index is 0.786. The third-order valence-corrected chi connectivity index (χ3v) is 3.69. The summed E-state index contributed by atoms with van der Waals surface area (Å²) in [5.74, 6) is 2.55. The Hall–Kier alpha value is -2.17. The number of hydrogen-bond acceptors (Lipinski definition) is 4. The smallest absolute Gasteiger partial charge is 0.151 e. The summed E-state index contributed by atoms with van der Waals surface area (Å²) in [5, 5.41) is 10.9. The standard InChI is InChI=1S/C15H19N3O2/c1-19-10-6-7-11(13(9-10)20-2)14-12-5-3-4-8-16-15(12)18-17-14/h6-7,9H,3-5,8H2,1-2H3,(H2,16,17,18). The van der Waals surface area contributed by atoms with Crippen LogP contribution in [-0.2, 0) is 6.42 Å². The Balaban J connectivity index is 2.07. The van der Waals surface area contributed by atoms with E-state index in [0.717, 1.165) is 41.5 Å². The van der Waals surface area contributed by atoms with Gasteiger partial charge in [0.05, 0.1) is 19.9 Å². The van der Waals surface area contributed by atoms with Gasteiger partial charge in [-0.1, -0.05) is 0 Å². The quantitative estimate of drug-likeness (QED) is 0.902. The highest BCUT2D eigenvalue weighted by atomic mass is 16.5. The lowest BCUT2D eigenvalue weighted by molar-refractivity contribution is 0.395. The van der Waals surface area contributed by atoms with E-state index in [4.69, 9.17) is 9.47 Å². The maximum Gasteiger partial charge on any atom is 0.151 e. The van der Waals surface area contributed by atoms with Crippen molar-refractivity contribution in [3.05, 3.63) is 23.8 Å². The molecule has 1 aromatic heterocycles. The molecule has 0 spiro atoms. The van der Waals surface area contributed by atoms with Crippen LogP contribution in [0, 0.1) is 0 Å². The normalized spacial score (nSPS) is 14.1. The number of anilines is 1. The number of benzene rings is 1. The number of rotatable bonds is 3. The van der Waals surface area contributed by atoms with Crippen molar-refractivity contribution in [1.29, 1.82) is 0 Å². The Kier molecular flexibility index (Phi) is 3.50. The number of aromatic amines is 1. The van der Waals surface area contributed by atoms with Crippen molar-refractivity contribution in [3.63, 3.8) is 0 Å². The molecule has 1 aliphatic heterocycles. The maximum atomic E-state index is 5.49. The van der Waals surface area contributed by atoms with E-state index >= 15 is 0 Å². The SMILES string of the molecule is COc1ccc(-c2[nH]nc3c2CCCCN3)c(OC)c1. The van der Waals surface area contributed by atoms with Crippen LogP contribution < -0.4 is 14.8 Å². The first-order chi connectivity index (χ1) is 9.83. The van der Waals surface area contributed by atoms with Crippen LogP contribution in [0.25, 0.3) is 11.3 Å². The average molecular weight is 273 g/mol. The second-order valence-corrected chi connectivity index (χ2v) is 4.88. The molecular formula is C15H19N3O2. The molecule has 5 nitrogen and oxygen atoms in total. The number of nitrogens with zero attached hydrogens (tertiary/aromatic N) is 1. The number of methoxy groups -OCH3 is 2. The van der Waals surface area contributed by atoms with Crippen molar-refractivity contribution in [2.75, 3.05) is 26.1 Å². The van der Waals surface area contributed by atoms with Gasteiger partial charge in [0.2, 0.25) is 0 Å². The molecule has 0 saturated heterocycles. The number of hydrogen-bond donors (Lipinski definition) is 2. The van der Waals surface area contributed by atoms with Gasteiger partial charge in [-0.3, -0.25) is 5.10 Å².